The van der Waals surface area contributed by atoms with Gasteiger partial charge in [-0.1, -0.05) is 32.0 Å². The van der Waals surface area contributed by atoms with Gasteiger partial charge in [0.1, 0.15) is 5.75 Å². The quantitative estimate of drug-likeness (QED) is 0.900. The fraction of sp³-hybridized carbons (Fsp3) is 0.562. The Hall–Kier alpha value is -1.51. The van der Waals surface area contributed by atoms with Crippen LogP contribution in [0.15, 0.2) is 24.3 Å². The number of ether oxygens (including phenoxy) is 1. The molecule has 2 unspecified atom stereocenters. The molecule has 0 aliphatic carbocycles. The highest BCUT2D eigenvalue weighted by atomic mass is 16.5. The standard InChI is InChI=1S/C16H22O3/c1-11(2)16(3,15(17)18)10-12-8-9-19-14-7-5-4-6-13(12)14/h4-7,11-12H,8-10H2,1-3H3,(H,17,18). The number of para-hydroxylation sites is 1. The van der Waals surface area contributed by atoms with Crippen LogP contribution in [-0.4, -0.2) is 17.7 Å². The Labute approximate surface area is 114 Å². The lowest BCUT2D eigenvalue weighted by Gasteiger charge is -2.35. The van der Waals surface area contributed by atoms with Crippen LogP contribution in [0.5, 0.6) is 5.75 Å². The molecule has 2 atom stereocenters. The molecule has 1 N–H and O–H groups in total. The van der Waals surface area contributed by atoms with Gasteiger partial charge in [0.05, 0.1) is 12.0 Å². The number of aliphatic carboxylic acids is 1. The van der Waals surface area contributed by atoms with Crippen molar-refractivity contribution in [2.24, 2.45) is 11.3 Å². The van der Waals surface area contributed by atoms with Crippen molar-refractivity contribution in [1.82, 2.24) is 0 Å². The van der Waals surface area contributed by atoms with Crippen molar-refractivity contribution in [3.63, 3.8) is 0 Å². The lowest BCUT2D eigenvalue weighted by atomic mass is 9.70. The largest absolute Gasteiger partial charge is 0.493 e. The minimum Gasteiger partial charge on any atom is -0.493 e. The molecular weight excluding hydrogens is 240 g/mol. The van der Waals surface area contributed by atoms with E-state index in [1.54, 1.807) is 0 Å². The molecule has 0 radical (unpaired) electrons. The van der Waals surface area contributed by atoms with Crippen LogP contribution in [0.1, 0.15) is 45.1 Å². The average Bonchev–Trinajstić information content (AvgIpc) is 2.38. The Bertz CT molecular complexity index is 467. The zero-order valence-corrected chi connectivity index (χ0v) is 11.8. The Morgan fingerprint density at radius 2 is 2.16 bits per heavy atom. The molecular formula is C16H22O3. The molecule has 104 valence electrons. The Morgan fingerprint density at radius 1 is 1.47 bits per heavy atom. The lowest BCUT2D eigenvalue weighted by Crippen LogP contribution is -2.35. The molecule has 1 aromatic carbocycles. The van der Waals surface area contributed by atoms with E-state index in [2.05, 4.69) is 6.07 Å². The van der Waals surface area contributed by atoms with Crippen molar-refractivity contribution in [1.29, 1.82) is 0 Å². The number of carbonyl (C=O) groups is 1. The summed E-state index contributed by atoms with van der Waals surface area (Å²) in [6.07, 6.45) is 1.56. The summed E-state index contributed by atoms with van der Waals surface area (Å²) < 4.78 is 5.64. The molecule has 0 saturated carbocycles. The number of fused-ring (bicyclic) bond motifs is 1. The summed E-state index contributed by atoms with van der Waals surface area (Å²) in [5.74, 6) is 0.593. The molecule has 0 amide bonds. The van der Waals surface area contributed by atoms with E-state index in [9.17, 15) is 9.90 Å². The summed E-state index contributed by atoms with van der Waals surface area (Å²) in [4.78, 5) is 11.6. The number of hydrogen-bond acceptors (Lipinski definition) is 2. The second-order valence-electron chi connectivity index (χ2n) is 5.95. The molecule has 2 rings (SSSR count). The number of hydrogen-bond donors (Lipinski definition) is 1. The lowest BCUT2D eigenvalue weighted by molar-refractivity contribution is -0.151. The predicted octanol–water partition coefficient (Wildman–Crippen LogP) is 3.69. The van der Waals surface area contributed by atoms with Gasteiger partial charge in [-0.2, -0.15) is 0 Å². The summed E-state index contributed by atoms with van der Waals surface area (Å²) in [7, 11) is 0. The van der Waals surface area contributed by atoms with Gasteiger partial charge in [0.15, 0.2) is 0 Å². The molecule has 0 saturated heterocycles. The molecule has 0 spiro atoms. The first-order valence-electron chi connectivity index (χ1n) is 6.90. The maximum Gasteiger partial charge on any atom is 0.309 e. The second kappa shape index (κ2) is 5.24. The van der Waals surface area contributed by atoms with E-state index in [1.165, 1.54) is 0 Å². The minimum atomic E-state index is -0.702. The summed E-state index contributed by atoms with van der Waals surface area (Å²) in [6, 6.07) is 7.98. The van der Waals surface area contributed by atoms with E-state index >= 15 is 0 Å². The summed E-state index contributed by atoms with van der Waals surface area (Å²) in [5.41, 5.74) is 0.469. The number of carboxylic acid groups (broad SMARTS) is 1. The first kappa shape index (κ1) is 13.9. The van der Waals surface area contributed by atoms with Crippen LogP contribution in [0.2, 0.25) is 0 Å². The van der Waals surface area contributed by atoms with Crippen LogP contribution in [0.3, 0.4) is 0 Å². The van der Waals surface area contributed by atoms with E-state index in [0.717, 1.165) is 17.7 Å². The van der Waals surface area contributed by atoms with Crippen molar-refractivity contribution in [3.8, 4) is 5.75 Å². The number of benzene rings is 1. The molecule has 0 bridgehead atoms. The van der Waals surface area contributed by atoms with E-state index in [0.29, 0.717) is 13.0 Å². The summed E-state index contributed by atoms with van der Waals surface area (Å²) >= 11 is 0. The van der Waals surface area contributed by atoms with E-state index in [4.69, 9.17) is 4.74 Å². The predicted molar refractivity (Wildman–Crippen MR) is 74.5 cm³/mol. The van der Waals surface area contributed by atoms with Crippen molar-refractivity contribution in [3.05, 3.63) is 29.8 Å². The topological polar surface area (TPSA) is 46.5 Å². The van der Waals surface area contributed by atoms with Gasteiger partial charge in [-0.05, 0) is 43.2 Å². The van der Waals surface area contributed by atoms with Crippen LogP contribution in [0, 0.1) is 11.3 Å². The normalized spacial score (nSPS) is 21.4. The first-order chi connectivity index (χ1) is 8.95. The summed E-state index contributed by atoms with van der Waals surface area (Å²) in [5, 5.41) is 9.55. The van der Waals surface area contributed by atoms with Gasteiger partial charge in [0, 0.05) is 0 Å². The van der Waals surface area contributed by atoms with Gasteiger partial charge >= 0.3 is 5.97 Å². The van der Waals surface area contributed by atoms with Crippen LogP contribution < -0.4 is 4.74 Å². The maximum atomic E-state index is 11.6. The second-order valence-corrected chi connectivity index (χ2v) is 5.95. The third-order valence-electron chi connectivity index (χ3n) is 4.52. The molecule has 0 aromatic heterocycles. The van der Waals surface area contributed by atoms with E-state index < -0.39 is 11.4 Å². The van der Waals surface area contributed by atoms with Gasteiger partial charge in [0.25, 0.3) is 0 Å². The Kier molecular flexibility index (Phi) is 3.83. The number of rotatable bonds is 4. The van der Waals surface area contributed by atoms with Crippen molar-refractivity contribution in [2.45, 2.75) is 39.5 Å². The molecule has 3 nitrogen and oxygen atoms in total. The van der Waals surface area contributed by atoms with Gasteiger partial charge in [0.2, 0.25) is 0 Å². The molecule has 3 heteroatoms. The Morgan fingerprint density at radius 3 is 2.79 bits per heavy atom. The monoisotopic (exact) mass is 262 g/mol. The Balaban J connectivity index is 2.27. The molecule has 1 heterocycles. The van der Waals surface area contributed by atoms with E-state index in [-0.39, 0.29) is 11.8 Å². The molecule has 1 aromatic rings. The average molecular weight is 262 g/mol. The van der Waals surface area contributed by atoms with Crippen molar-refractivity contribution >= 4 is 5.97 Å². The third-order valence-corrected chi connectivity index (χ3v) is 4.52. The zero-order valence-electron chi connectivity index (χ0n) is 11.8. The zero-order chi connectivity index (χ0) is 14.0. The van der Waals surface area contributed by atoms with Crippen LogP contribution >= 0.6 is 0 Å². The molecule has 0 fully saturated rings. The molecule has 1 aliphatic rings. The number of carboxylic acids is 1. The van der Waals surface area contributed by atoms with Gasteiger partial charge in [-0.15, -0.1) is 0 Å². The molecule has 19 heavy (non-hydrogen) atoms. The van der Waals surface area contributed by atoms with Crippen LogP contribution in [0.4, 0.5) is 0 Å². The highest BCUT2D eigenvalue weighted by molar-refractivity contribution is 5.74. The van der Waals surface area contributed by atoms with E-state index in [1.807, 2.05) is 39.0 Å². The highest BCUT2D eigenvalue weighted by Crippen LogP contribution is 2.43. The van der Waals surface area contributed by atoms with Crippen molar-refractivity contribution in [2.75, 3.05) is 6.61 Å². The van der Waals surface area contributed by atoms with Gasteiger partial charge in [-0.3, -0.25) is 4.79 Å². The van der Waals surface area contributed by atoms with Crippen molar-refractivity contribution < 1.29 is 14.6 Å². The highest BCUT2D eigenvalue weighted by Gasteiger charge is 2.40. The minimum absolute atomic E-state index is 0.111. The fourth-order valence-electron chi connectivity index (χ4n) is 2.71. The smallest absolute Gasteiger partial charge is 0.309 e. The summed E-state index contributed by atoms with van der Waals surface area (Å²) in [6.45, 7) is 6.51. The SMILES string of the molecule is CC(C)C(C)(CC1CCOc2ccccc21)C(=O)O. The maximum absolute atomic E-state index is 11.6. The third kappa shape index (κ3) is 2.60. The van der Waals surface area contributed by atoms with Crippen LogP contribution in [-0.2, 0) is 4.79 Å². The van der Waals surface area contributed by atoms with Gasteiger partial charge in [-0.25, -0.2) is 0 Å². The van der Waals surface area contributed by atoms with Crippen LogP contribution in [0.25, 0.3) is 0 Å². The molecule has 1 aliphatic heterocycles. The fourth-order valence-corrected chi connectivity index (χ4v) is 2.71. The first-order valence-corrected chi connectivity index (χ1v) is 6.90. The van der Waals surface area contributed by atoms with Gasteiger partial charge < -0.3 is 9.84 Å².